The van der Waals surface area contributed by atoms with E-state index in [1.165, 1.54) is 12.8 Å². The van der Waals surface area contributed by atoms with Crippen LogP contribution in [0.15, 0.2) is 24.3 Å². The predicted octanol–water partition coefficient (Wildman–Crippen LogP) is 4.11. The van der Waals surface area contributed by atoms with Crippen LogP contribution in [0.1, 0.15) is 49.5 Å². The number of benzene rings is 1. The molecule has 6 heteroatoms. The summed E-state index contributed by atoms with van der Waals surface area (Å²) in [5.74, 6) is 1.79. The Morgan fingerprint density at radius 2 is 1.88 bits per heavy atom. The molecule has 0 N–H and O–H groups in total. The third kappa shape index (κ3) is 3.61. The summed E-state index contributed by atoms with van der Waals surface area (Å²) in [6.45, 7) is 1.70. The number of hydrogen-bond donors (Lipinski definition) is 0. The Hall–Kier alpha value is -1.95. The molecule has 2 fully saturated rings. The summed E-state index contributed by atoms with van der Waals surface area (Å²) < 4.78 is 5.21. The van der Waals surface area contributed by atoms with Gasteiger partial charge < -0.3 is 9.64 Å². The number of nitrogens with zero attached hydrogens (tertiary/aromatic N) is 3. The Labute approximate surface area is 158 Å². The largest absolute Gasteiger partial charge is 0.497 e. The number of carbonyl (C=O) groups is 1. The van der Waals surface area contributed by atoms with Gasteiger partial charge in [-0.1, -0.05) is 24.2 Å². The molecule has 2 aromatic rings. The van der Waals surface area contributed by atoms with Crippen molar-refractivity contribution in [1.29, 1.82) is 0 Å². The maximum absolute atomic E-state index is 12.7. The van der Waals surface area contributed by atoms with E-state index < -0.39 is 0 Å². The minimum atomic E-state index is 0.262. The molecular weight excluding hydrogens is 346 g/mol. The first-order valence-corrected chi connectivity index (χ1v) is 10.3. The molecule has 0 bridgehead atoms. The lowest BCUT2D eigenvalue weighted by molar-refractivity contribution is -0.136. The highest BCUT2D eigenvalue weighted by Crippen LogP contribution is 2.35. The van der Waals surface area contributed by atoms with Gasteiger partial charge >= 0.3 is 0 Å². The van der Waals surface area contributed by atoms with E-state index in [2.05, 4.69) is 15.1 Å². The van der Waals surface area contributed by atoms with Gasteiger partial charge in [0.05, 0.1) is 7.11 Å². The fraction of sp³-hybridized carbons (Fsp3) is 0.550. The van der Waals surface area contributed by atoms with Crippen LogP contribution in [-0.2, 0) is 4.79 Å². The molecule has 1 aliphatic heterocycles. The minimum absolute atomic E-state index is 0.262. The van der Waals surface area contributed by atoms with Crippen LogP contribution in [0, 0.1) is 5.92 Å². The second-order valence-electron chi connectivity index (χ2n) is 7.28. The lowest BCUT2D eigenvalue weighted by Gasteiger charge is -2.33. The van der Waals surface area contributed by atoms with E-state index in [0.717, 1.165) is 60.1 Å². The number of hydrogen-bond acceptors (Lipinski definition) is 5. The minimum Gasteiger partial charge on any atom is -0.497 e. The van der Waals surface area contributed by atoms with E-state index in [-0.39, 0.29) is 5.92 Å². The molecular formula is C20H25N3O2S. The van der Waals surface area contributed by atoms with Crippen LogP contribution in [0.5, 0.6) is 5.75 Å². The van der Waals surface area contributed by atoms with Crippen molar-refractivity contribution in [3.63, 3.8) is 0 Å². The van der Waals surface area contributed by atoms with Crippen LogP contribution in [0.25, 0.3) is 10.6 Å². The Morgan fingerprint density at radius 1 is 1.12 bits per heavy atom. The van der Waals surface area contributed by atoms with E-state index in [1.807, 2.05) is 24.3 Å². The molecule has 4 rings (SSSR count). The average molecular weight is 372 g/mol. The third-order valence-electron chi connectivity index (χ3n) is 5.56. The number of rotatable bonds is 4. The second kappa shape index (κ2) is 7.74. The van der Waals surface area contributed by atoms with Gasteiger partial charge in [-0.25, -0.2) is 0 Å². The maximum atomic E-state index is 12.7. The molecule has 1 aromatic heterocycles. The molecule has 0 unspecified atom stereocenters. The van der Waals surface area contributed by atoms with Crippen LogP contribution >= 0.6 is 11.3 Å². The molecule has 1 aliphatic carbocycles. The standard InChI is InChI=1S/C20H25N3O2S/c1-25-17-10-8-14(9-11-17)18-21-22-19(26-18)16-7-4-12-23(13-16)20(24)15-5-2-3-6-15/h8-11,15-16H,2-7,12-13H2,1H3/t16-/m0/s1. The fourth-order valence-electron chi connectivity index (χ4n) is 4.06. The first-order chi connectivity index (χ1) is 12.7. The molecule has 1 aromatic carbocycles. The lowest BCUT2D eigenvalue weighted by atomic mass is 9.96. The van der Waals surface area contributed by atoms with E-state index in [0.29, 0.717) is 11.8 Å². The van der Waals surface area contributed by atoms with Gasteiger partial charge in [0.15, 0.2) is 0 Å². The highest BCUT2D eigenvalue weighted by Gasteiger charge is 2.32. The van der Waals surface area contributed by atoms with E-state index in [9.17, 15) is 4.79 Å². The summed E-state index contributed by atoms with van der Waals surface area (Å²) in [4.78, 5) is 14.8. The number of aromatic nitrogens is 2. The Kier molecular flexibility index (Phi) is 5.20. The van der Waals surface area contributed by atoms with Crippen LogP contribution in [-0.4, -0.2) is 41.2 Å². The van der Waals surface area contributed by atoms with Crippen LogP contribution in [0.3, 0.4) is 0 Å². The smallest absolute Gasteiger partial charge is 0.225 e. The molecule has 2 aliphatic rings. The Morgan fingerprint density at radius 3 is 2.62 bits per heavy atom. The summed E-state index contributed by atoms with van der Waals surface area (Å²) in [6.07, 6.45) is 6.69. The molecule has 5 nitrogen and oxygen atoms in total. The Balaban J connectivity index is 1.45. The van der Waals surface area contributed by atoms with E-state index in [1.54, 1.807) is 18.4 Å². The molecule has 0 spiro atoms. The highest BCUT2D eigenvalue weighted by atomic mass is 32.1. The monoisotopic (exact) mass is 371 g/mol. The predicted molar refractivity (Wildman–Crippen MR) is 102 cm³/mol. The number of piperidine rings is 1. The zero-order valence-electron chi connectivity index (χ0n) is 15.2. The molecule has 2 heterocycles. The quantitative estimate of drug-likeness (QED) is 0.812. The van der Waals surface area contributed by atoms with Gasteiger partial charge in [0.2, 0.25) is 5.91 Å². The number of amides is 1. The van der Waals surface area contributed by atoms with Gasteiger partial charge in [0, 0.05) is 30.5 Å². The SMILES string of the molecule is COc1ccc(-c2nnc([C@H]3CCCN(C(=O)C4CCCC4)C3)s2)cc1. The lowest BCUT2D eigenvalue weighted by Crippen LogP contribution is -2.41. The van der Waals surface area contributed by atoms with Crippen LogP contribution in [0.2, 0.25) is 0 Å². The maximum Gasteiger partial charge on any atom is 0.225 e. The first kappa shape index (κ1) is 17.5. The zero-order chi connectivity index (χ0) is 17.9. The van der Waals surface area contributed by atoms with Crippen LogP contribution in [0.4, 0.5) is 0 Å². The van der Waals surface area contributed by atoms with E-state index >= 15 is 0 Å². The molecule has 1 saturated carbocycles. The summed E-state index contributed by atoms with van der Waals surface area (Å²) in [5.41, 5.74) is 1.06. The summed E-state index contributed by atoms with van der Waals surface area (Å²) in [5, 5.41) is 10.8. The number of ether oxygens (including phenoxy) is 1. The number of carbonyl (C=O) groups excluding carboxylic acids is 1. The highest BCUT2D eigenvalue weighted by molar-refractivity contribution is 7.14. The van der Waals surface area contributed by atoms with Gasteiger partial charge in [-0.05, 0) is 49.9 Å². The zero-order valence-corrected chi connectivity index (χ0v) is 16.0. The average Bonchev–Trinajstić information content (AvgIpc) is 3.40. The van der Waals surface area contributed by atoms with Crippen molar-refractivity contribution in [3.05, 3.63) is 29.3 Å². The molecule has 1 atom stereocenters. The molecule has 26 heavy (non-hydrogen) atoms. The van der Waals surface area contributed by atoms with Crippen LogP contribution < -0.4 is 4.74 Å². The third-order valence-corrected chi connectivity index (χ3v) is 6.70. The molecule has 1 amide bonds. The van der Waals surface area contributed by atoms with Crippen molar-refractivity contribution in [2.45, 2.75) is 44.4 Å². The topological polar surface area (TPSA) is 55.3 Å². The molecule has 138 valence electrons. The number of methoxy groups -OCH3 is 1. The first-order valence-electron chi connectivity index (χ1n) is 9.51. The summed E-state index contributed by atoms with van der Waals surface area (Å²) >= 11 is 1.65. The van der Waals surface area contributed by atoms with Gasteiger partial charge in [0.25, 0.3) is 0 Å². The van der Waals surface area contributed by atoms with Crippen molar-refractivity contribution in [1.82, 2.24) is 15.1 Å². The van der Waals surface area contributed by atoms with Crippen molar-refractivity contribution < 1.29 is 9.53 Å². The van der Waals surface area contributed by atoms with Crippen molar-refractivity contribution in [2.75, 3.05) is 20.2 Å². The second-order valence-corrected chi connectivity index (χ2v) is 8.29. The number of likely N-dealkylation sites (tertiary alicyclic amines) is 1. The van der Waals surface area contributed by atoms with Gasteiger partial charge in [-0.3, -0.25) is 4.79 Å². The van der Waals surface area contributed by atoms with Crippen molar-refractivity contribution in [3.8, 4) is 16.3 Å². The normalized spacial score (nSPS) is 21.1. The van der Waals surface area contributed by atoms with E-state index in [4.69, 9.17) is 4.74 Å². The molecule has 1 saturated heterocycles. The van der Waals surface area contributed by atoms with Gasteiger partial charge in [0.1, 0.15) is 15.8 Å². The Bertz CT molecular complexity index is 753. The molecule has 0 radical (unpaired) electrons. The summed E-state index contributed by atoms with van der Waals surface area (Å²) in [7, 11) is 1.67. The van der Waals surface area contributed by atoms with Gasteiger partial charge in [-0.2, -0.15) is 0 Å². The van der Waals surface area contributed by atoms with Crippen molar-refractivity contribution in [2.24, 2.45) is 5.92 Å². The fourth-order valence-corrected chi connectivity index (χ4v) is 5.03. The summed E-state index contributed by atoms with van der Waals surface area (Å²) in [6, 6.07) is 7.91. The van der Waals surface area contributed by atoms with Gasteiger partial charge in [-0.15, -0.1) is 10.2 Å². The van der Waals surface area contributed by atoms with Crippen molar-refractivity contribution >= 4 is 17.2 Å².